The predicted molar refractivity (Wildman–Crippen MR) is 89.2 cm³/mol. The minimum atomic E-state index is -0.0672. The first-order valence-electron chi connectivity index (χ1n) is 8.11. The van der Waals surface area contributed by atoms with Crippen LogP contribution in [0.15, 0.2) is 42.5 Å². The third kappa shape index (κ3) is 2.28. The highest BCUT2D eigenvalue weighted by Gasteiger charge is 2.32. The predicted octanol–water partition coefficient (Wildman–Crippen LogP) is 4.44. The molecule has 1 unspecified atom stereocenters. The Kier molecular flexibility index (Phi) is 3.55. The van der Waals surface area contributed by atoms with Crippen molar-refractivity contribution in [3.63, 3.8) is 0 Å². The third-order valence-corrected chi connectivity index (χ3v) is 5.03. The largest absolute Gasteiger partial charge is 0.317 e. The molecule has 2 aromatic carbocycles. The van der Waals surface area contributed by atoms with Gasteiger partial charge in [0, 0.05) is 11.5 Å². The van der Waals surface area contributed by atoms with E-state index in [2.05, 4.69) is 41.7 Å². The molecular formula is C20H20FN. The number of hydrogen-bond acceptors (Lipinski definition) is 1. The first-order valence-corrected chi connectivity index (χ1v) is 8.11. The Morgan fingerprint density at radius 2 is 1.59 bits per heavy atom. The molecular weight excluding hydrogens is 273 g/mol. The summed E-state index contributed by atoms with van der Waals surface area (Å²) < 4.78 is 14.7. The Balaban J connectivity index is 1.92. The van der Waals surface area contributed by atoms with Gasteiger partial charge in [-0.15, -0.1) is 0 Å². The normalized spacial score (nSPS) is 21.0. The lowest BCUT2D eigenvalue weighted by Gasteiger charge is -2.32. The van der Waals surface area contributed by atoms with Gasteiger partial charge in [-0.2, -0.15) is 0 Å². The second-order valence-electron chi connectivity index (χ2n) is 6.27. The van der Waals surface area contributed by atoms with Gasteiger partial charge in [-0.05, 0) is 54.6 Å². The number of piperidine rings is 1. The van der Waals surface area contributed by atoms with Gasteiger partial charge in [0.15, 0.2) is 0 Å². The Labute approximate surface area is 130 Å². The van der Waals surface area contributed by atoms with E-state index in [4.69, 9.17) is 0 Å². The summed E-state index contributed by atoms with van der Waals surface area (Å²) in [6, 6.07) is 13.9. The number of nitrogens with one attached hydrogen (secondary N) is 1. The molecule has 2 aromatic rings. The number of hydrogen-bond donors (Lipinski definition) is 1. The first-order chi connectivity index (χ1) is 10.8. The molecule has 22 heavy (non-hydrogen) atoms. The van der Waals surface area contributed by atoms with Crippen molar-refractivity contribution < 1.29 is 4.39 Å². The maximum absolute atomic E-state index is 14.7. The molecule has 4 rings (SSSR count). The highest BCUT2D eigenvalue weighted by atomic mass is 19.1. The molecule has 112 valence electrons. The summed E-state index contributed by atoms with van der Waals surface area (Å²) in [6.45, 7) is 2.06. The molecule has 0 bridgehead atoms. The van der Waals surface area contributed by atoms with Crippen LogP contribution in [0.5, 0.6) is 0 Å². The van der Waals surface area contributed by atoms with Crippen LogP contribution in [0.2, 0.25) is 0 Å². The van der Waals surface area contributed by atoms with Gasteiger partial charge in [-0.3, -0.25) is 0 Å². The van der Waals surface area contributed by atoms with Gasteiger partial charge in [-0.25, -0.2) is 4.39 Å². The van der Waals surface area contributed by atoms with Gasteiger partial charge < -0.3 is 5.32 Å². The molecule has 0 aromatic heterocycles. The summed E-state index contributed by atoms with van der Waals surface area (Å²) in [7, 11) is 0. The summed E-state index contributed by atoms with van der Waals surface area (Å²) in [5, 5.41) is 3.42. The van der Waals surface area contributed by atoms with Crippen molar-refractivity contribution in [2.75, 3.05) is 13.1 Å². The zero-order chi connectivity index (χ0) is 14.9. The molecule has 0 radical (unpaired) electrons. The van der Waals surface area contributed by atoms with E-state index in [1.807, 2.05) is 12.1 Å². The average molecular weight is 293 g/mol. The smallest absolute Gasteiger partial charge is 0.127 e. The highest BCUT2D eigenvalue weighted by Crippen LogP contribution is 2.43. The topological polar surface area (TPSA) is 12.0 Å². The summed E-state index contributed by atoms with van der Waals surface area (Å²) in [5.74, 6) is 0.588. The number of benzene rings is 2. The van der Waals surface area contributed by atoms with Gasteiger partial charge in [0.05, 0.1) is 0 Å². The van der Waals surface area contributed by atoms with E-state index in [0.29, 0.717) is 5.92 Å². The molecule has 2 heteroatoms. The third-order valence-electron chi connectivity index (χ3n) is 5.03. The van der Waals surface area contributed by atoms with Crippen LogP contribution < -0.4 is 5.32 Å². The van der Waals surface area contributed by atoms with Gasteiger partial charge >= 0.3 is 0 Å². The fourth-order valence-corrected chi connectivity index (χ4v) is 3.98. The maximum atomic E-state index is 14.7. The van der Waals surface area contributed by atoms with E-state index in [9.17, 15) is 4.39 Å². The summed E-state index contributed by atoms with van der Waals surface area (Å²) in [4.78, 5) is 0. The maximum Gasteiger partial charge on any atom is 0.127 e. The molecule has 1 atom stereocenters. The zero-order valence-electron chi connectivity index (χ0n) is 12.6. The van der Waals surface area contributed by atoms with E-state index in [1.165, 1.54) is 11.1 Å². The van der Waals surface area contributed by atoms with Crippen molar-refractivity contribution >= 4 is 12.2 Å². The van der Waals surface area contributed by atoms with E-state index < -0.39 is 0 Å². The van der Waals surface area contributed by atoms with E-state index in [-0.39, 0.29) is 11.7 Å². The van der Waals surface area contributed by atoms with Crippen LogP contribution in [0, 0.1) is 11.7 Å². The minimum absolute atomic E-state index is 0.0672. The molecule has 0 spiro atoms. The molecule has 1 fully saturated rings. The summed E-state index contributed by atoms with van der Waals surface area (Å²) in [6.07, 6.45) is 6.41. The molecule has 1 nitrogen and oxygen atoms in total. The summed E-state index contributed by atoms with van der Waals surface area (Å²) in [5.41, 5.74) is 4.41. The van der Waals surface area contributed by atoms with Crippen LogP contribution in [0.4, 0.5) is 4.39 Å². The Morgan fingerprint density at radius 3 is 2.45 bits per heavy atom. The van der Waals surface area contributed by atoms with Crippen LogP contribution in [-0.2, 0) is 0 Å². The zero-order valence-corrected chi connectivity index (χ0v) is 12.6. The second kappa shape index (κ2) is 5.69. The Morgan fingerprint density at radius 1 is 0.864 bits per heavy atom. The first kappa shape index (κ1) is 13.7. The van der Waals surface area contributed by atoms with E-state index in [1.54, 1.807) is 6.07 Å². The van der Waals surface area contributed by atoms with E-state index >= 15 is 0 Å². The van der Waals surface area contributed by atoms with Crippen LogP contribution in [-0.4, -0.2) is 13.1 Å². The molecule has 0 saturated carbocycles. The van der Waals surface area contributed by atoms with E-state index in [0.717, 1.165) is 37.1 Å². The molecule has 1 aliphatic heterocycles. The van der Waals surface area contributed by atoms with Crippen molar-refractivity contribution in [1.82, 2.24) is 5.32 Å². The second-order valence-corrected chi connectivity index (χ2v) is 6.27. The van der Waals surface area contributed by atoms with Crippen LogP contribution in [0.25, 0.3) is 12.2 Å². The minimum Gasteiger partial charge on any atom is -0.317 e. The number of rotatable bonds is 1. The quantitative estimate of drug-likeness (QED) is 0.819. The molecule has 1 saturated heterocycles. The van der Waals surface area contributed by atoms with Gasteiger partial charge in [0.2, 0.25) is 0 Å². The van der Waals surface area contributed by atoms with Crippen LogP contribution in [0.1, 0.15) is 41.0 Å². The van der Waals surface area contributed by atoms with Gasteiger partial charge in [-0.1, -0.05) is 48.6 Å². The molecule has 1 heterocycles. The monoisotopic (exact) mass is 293 g/mol. The molecule has 1 aliphatic carbocycles. The lowest BCUT2D eigenvalue weighted by Crippen LogP contribution is -2.31. The van der Waals surface area contributed by atoms with Crippen molar-refractivity contribution in [2.45, 2.75) is 18.8 Å². The van der Waals surface area contributed by atoms with Crippen LogP contribution >= 0.6 is 0 Å². The number of fused-ring (bicyclic) bond motifs is 2. The fourth-order valence-electron chi connectivity index (χ4n) is 3.98. The lowest BCUT2D eigenvalue weighted by molar-refractivity contribution is 0.337. The highest BCUT2D eigenvalue weighted by molar-refractivity contribution is 5.76. The standard InChI is InChI=1S/C20H20FN/c21-18-7-3-5-15-9-8-14-4-1-2-6-17(14)19(20(15)18)16-10-12-22-13-11-16/h1-9,16,19,22H,10-13H2. The number of halogens is 1. The van der Waals surface area contributed by atoms with Crippen molar-refractivity contribution in [1.29, 1.82) is 0 Å². The molecule has 0 amide bonds. The summed E-state index contributed by atoms with van der Waals surface area (Å²) >= 11 is 0. The van der Waals surface area contributed by atoms with Crippen LogP contribution in [0.3, 0.4) is 0 Å². The molecule has 2 aliphatic rings. The van der Waals surface area contributed by atoms with Gasteiger partial charge in [0.25, 0.3) is 0 Å². The van der Waals surface area contributed by atoms with Crippen molar-refractivity contribution in [3.05, 3.63) is 70.5 Å². The average Bonchev–Trinajstić information content (AvgIpc) is 2.74. The van der Waals surface area contributed by atoms with Crippen molar-refractivity contribution in [2.24, 2.45) is 5.92 Å². The lowest BCUT2D eigenvalue weighted by atomic mass is 9.74. The SMILES string of the molecule is Fc1cccc2c1C(C1CCNCC1)c1ccccc1C=C2. The van der Waals surface area contributed by atoms with Gasteiger partial charge in [0.1, 0.15) is 5.82 Å². The van der Waals surface area contributed by atoms with Crippen molar-refractivity contribution in [3.8, 4) is 0 Å². The Hall–Kier alpha value is -1.93. The Bertz CT molecular complexity index is 713. The fraction of sp³-hybridized carbons (Fsp3) is 0.300. The molecule has 1 N–H and O–H groups in total.